The first-order valence-corrected chi connectivity index (χ1v) is 7.87. The minimum Gasteiger partial charge on any atom is -0.493 e. The third-order valence-electron chi connectivity index (χ3n) is 4.01. The van der Waals surface area contributed by atoms with Crippen LogP contribution in [0.1, 0.15) is 18.4 Å². The molecule has 1 aliphatic heterocycles. The van der Waals surface area contributed by atoms with E-state index in [1.54, 1.807) is 26.4 Å². The van der Waals surface area contributed by atoms with Gasteiger partial charge in [-0.1, -0.05) is 6.07 Å². The highest BCUT2D eigenvalue weighted by Gasteiger charge is 2.33. The number of nitrogens with zero attached hydrogens (tertiary/aromatic N) is 1. The second-order valence-corrected chi connectivity index (χ2v) is 5.65. The minimum absolute atomic E-state index is 0.0200. The van der Waals surface area contributed by atoms with Crippen molar-refractivity contribution >= 4 is 17.8 Å². The van der Waals surface area contributed by atoms with Crippen molar-refractivity contribution in [1.82, 2.24) is 10.4 Å². The van der Waals surface area contributed by atoms with Gasteiger partial charge in [0.2, 0.25) is 11.8 Å². The standard InChI is InChI=1S/C17H22N2O6/c1-23-13-6-4-11(8-14(13)24-2)5-7-16(21)19-10-12(17(22)25-3)9-15(20)18-19/h4,6,8,12H,5,7,9-10H2,1-3H3,(H,18,20). The summed E-state index contributed by atoms with van der Waals surface area (Å²) in [5.41, 5.74) is 3.40. The molecule has 8 heteroatoms. The first kappa shape index (κ1) is 18.6. The summed E-state index contributed by atoms with van der Waals surface area (Å²) in [7, 11) is 4.36. The fourth-order valence-corrected chi connectivity index (χ4v) is 2.66. The van der Waals surface area contributed by atoms with Gasteiger partial charge in [0.05, 0.1) is 33.8 Å². The van der Waals surface area contributed by atoms with Crippen LogP contribution in [0.4, 0.5) is 0 Å². The smallest absolute Gasteiger partial charge is 0.311 e. The van der Waals surface area contributed by atoms with Crippen LogP contribution in [-0.4, -0.2) is 50.7 Å². The number of carbonyl (C=O) groups excluding carboxylic acids is 3. The van der Waals surface area contributed by atoms with Crippen LogP contribution in [0.2, 0.25) is 0 Å². The molecular weight excluding hydrogens is 328 g/mol. The molecule has 0 bridgehead atoms. The number of ether oxygens (including phenoxy) is 3. The molecule has 1 heterocycles. The first-order chi connectivity index (χ1) is 12.0. The molecule has 1 aromatic carbocycles. The largest absolute Gasteiger partial charge is 0.493 e. The van der Waals surface area contributed by atoms with Gasteiger partial charge in [-0.05, 0) is 24.1 Å². The van der Waals surface area contributed by atoms with E-state index in [0.717, 1.165) is 5.56 Å². The van der Waals surface area contributed by atoms with Crippen molar-refractivity contribution < 1.29 is 28.6 Å². The van der Waals surface area contributed by atoms with Crippen molar-refractivity contribution in [2.75, 3.05) is 27.9 Å². The lowest BCUT2D eigenvalue weighted by atomic mass is 10.0. The van der Waals surface area contributed by atoms with Crippen LogP contribution in [0.3, 0.4) is 0 Å². The van der Waals surface area contributed by atoms with E-state index >= 15 is 0 Å². The van der Waals surface area contributed by atoms with Crippen LogP contribution >= 0.6 is 0 Å². The monoisotopic (exact) mass is 350 g/mol. The number of rotatable bonds is 6. The van der Waals surface area contributed by atoms with Gasteiger partial charge in [0.25, 0.3) is 0 Å². The lowest BCUT2D eigenvalue weighted by molar-refractivity contribution is -0.156. The molecule has 1 N–H and O–H groups in total. The molecular formula is C17H22N2O6. The molecule has 0 aliphatic carbocycles. The number of hydrogen-bond acceptors (Lipinski definition) is 6. The Bertz CT molecular complexity index is 661. The summed E-state index contributed by atoms with van der Waals surface area (Å²) < 4.78 is 15.1. The van der Waals surface area contributed by atoms with Gasteiger partial charge >= 0.3 is 5.97 Å². The Hall–Kier alpha value is -2.77. The zero-order valence-corrected chi connectivity index (χ0v) is 14.5. The number of hydrazine groups is 1. The molecule has 1 atom stereocenters. The van der Waals surface area contributed by atoms with E-state index in [0.29, 0.717) is 17.9 Å². The zero-order chi connectivity index (χ0) is 18.4. The fourth-order valence-electron chi connectivity index (χ4n) is 2.66. The Labute approximate surface area is 146 Å². The quantitative estimate of drug-likeness (QED) is 0.759. The number of carbonyl (C=O) groups is 3. The number of benzene rings is 1. The van der Waals surface area contributed by atoms with Crippen LogP contribution in [0.25, 0.3) is 0 Å². The van der Waals surface area contributed by atoms with E-state index in [1.165, 1.54) is 12.1 Å². The maximum absolute atomic E-state index is 12.4. The molecule has 1 aromatic rings. The summed E-state index contributed by atoms with van der Waals surface area (Å²) in [5.74, 6) is -0.569. The topological polar surface area (TPSA) is 94.2 Å². The van der Waals surface area contributed by atoms with Gasteiger partial charge in [0.15, 0.2) is 11.5 Å². The number of amides is 2. The molecule has 25 heavy (non-hydrogen) atoms. The van der Waals surface area contributed by atoms with Crippen molar-refractivity contribution in [3.63, 3.8) is 0 Å². The predicted molar refractivity (Wildman–Crippen MR) is 87.8 cm³/mol. The number of esters is 1. The summed E-state index contributed by atoms with van der Waals surface area (Å²) in [5, 5.41) is 1.19. The number of aryl methyl sites for hydroxylation is 1. The third kappa shape index (κ3) is 4.62. The van der Waals surface area contributed by atoms with Crippen LogP contribution in [0.15, 0.2) is 18.2 Å². The van der Waals surface area contributed by atoms with Gasteiger partial charge in [0.1, 0.15) is 0 Å². The molecule has 1 fully saturated rings. The van der Waals surface area contributed by atoms with Crippen LogP contribution in [0, 0.1) is 5.92 Å². The van der Waals surface area contributed by atoms with E-state index in [-0.39, 0.29) is 31.2 Å². The first-order valence-electron chi connectivity index (χ1n) is 7.87. The summed E-state index contributed by atoms with van der Waals surface area (Å²) in [6.45, 7) is 0.114. The minimum atomic E-state index is -0.635. The maximum Gasteiger partial charge on any atom is 0.311 e. The molecule has 0 radical (unpaired) electrons. The van der Waals surface area contributed by atoms with Gasteiger partial charge in [-0.3, -0.25) is 24.8 Å². The molecule has 0 spiro atoms. The van der Waals surface area contributed by atoms with Gasteiger partial charge in [0, 0.05) is 12.8 Å². The highest BCUT2D eigenvalue weighted by atomic mass is 16.5. The number of nitrogens with one attached hydrogen (secondary N) is 1. The summed E-state index contributed by atoms with van der Waals surface area (Å²) in [4.78, 5) is 35.7. The lowest BCUT2D eigenvalue weighted by Gasteiger charge is -2.31. The normalized spacial score (nSPS) is 16.8. The average molecular weight is 350 g/mol. The molecule has 0 saturated carbocycles. The third-order valence-corrected chi connectivity index (χ3v) is 4.01. The van der Waals surface area contributed by atoms with E-state index in [2.05, 4.69) is 10.2 Å². The molecule has 1 saturated heterocycles. The lowest BCUT2D eigenvalue weighted by Crippen LogP contribution is -2.54. The molecule has 1 unspecified atom stereocenters. The molecule has 0 aromatic heterocycles. The van der Waals surface area contributed by atoms with Crippen molar-refractivity contribution in [2.24, 2.45) is 5.92 Å². The highest BCUT2D eigenvalue weighted by Crippen LogP contribution is 2.28. The highest BCUT2D eigenvalue weighted by molar-refractivity contribution is 5.88. The van der Waals surface area contributed by atoms with E-state index < -0.39 is 11.9 Å². The summed E-state index contributed by atoms with van der Waals surface area (Å²) in [6, 6.07) is 5.42. The molecule has 136 valence electrons. The Kier molecular flexibility index (Phi) is 6.21. The Morgan fingerprint density at radius 3 is 2.56 bits per heavy atom. The van der Waals surface area contributed by atoms with Crippen molar-refractivity contribution in [3.05, 3.63) is 23.8 Å². The van der Waals surface area contributed by atoms with Crippen LogP contribution < -0.4 is 14.9 Å². The second-order valence-electron chi connectivity index (χ2n) is 5.65. The van der Waals surface area contributed by atoms with Gasteiger partial charge in [-0.15, -0.1) is 0 Å². The Morgan fingerprint density at radius 1 is 1.20 bits per heavy atom. The van der Waals surface area contributed by atoms with Crippen LogP contribution in [0.5, 0.6) is 11.5 Å². The van der Waals surface area contributed by atoms with E-state index in [4.69, 9.17) is 9.47 Å². The molecule has 2 rings (SSSR count). The van der Waals surface area contributed by atoms with E-state index in [9.17, 15) is 14.4 Å². The molecule has 2 amide bonds. The van der Waals surface area contributed by atoms with Crippen molar-refractivity contribution in [3.8, 4) is 11.5 Å². The molecule has 1 aliphatic rings. The molecule has 8 nitrogen and oxygen atoms in total. The zero-order valence-electron chi connectivity index (χ0n) is 14.5. The predicted octanol–water partition coefficient (Wildman–Crippen LogP) is 0.689. The summed E-state index contributed by atoms with van der Waals surface area (Å²) >= 11 is 0. The second kappa shape index (κ2) is 8.36. The van der Waals surface area contributed by atoms with Gasteiger partial charge < -0.3 is 14.2 Å². The fraction of sp³-hybridized carbons (Fsp3) is 0.471. The van der Waals surface area contributed by atoms with Gasteiger partial charge in [-0.2, -0.15) is 0 Å². The van der Waals surface area contributed by atoms with E-state index in [1.807, 2.05) is 6.07 Å². The maximum atomic E-state index is 12.4. The van der Waals surface area contributed by atoms with Crippen molar-refractivity contribution in [2.45, 2.75) is 19.3 Å². The SMILES string of the molecule is COC(=O)C1CC(=O)NN(C(=O)CCc2ccc(OC)c(OC)c2)C1. The summed E-state index contributed by atoms with van der Waals surface area (Å²) in [6.07, 6.45) is 0.671. The average Bonchev–Trinajstić information content (AvgIpc) is 2.64. The van der Waals surface area contributed by atoms with Crippen LogP contribution in [-0.2, 0) is 25.5 Å². The number of methoxy groups -OCH3 is 3. The van der Waals surface area contributed by atoms with Crippen molar-refractivity contribution in [1.29, 1.82) is 0 Å². The Morgan fingerprint density at radius 2 is 1.92 bits per heavy atom. The van der Waals surface area contributed by atoms with Gasteiger partial charge in [-0.25, -0.2) is 0 Å². The number of hydrogen-bond donors (Lipinski definition) is 1. The Balaban J connectivity index is 1.97.